The van der Waals surface area contributed by atoms with Gasteiger partial charge in [0.1, 0.15) is 90.9 Å². The van der Waals surface area contributed by atoms with Crippen molar-refractivity contribution in [3.8, 4) is 0 Å². The normalized spacial score (nSPS) is 36.4. The first-order valence-electron chi connectivity index (χ1n) is 33.0. The maximum absolute atomic E-state index is 14.1. The van der Waals surface area contributed by atoms with Gasteiger partial charge in [0.25, 0.3) is 0 Å². The topological polar surface area (TPSA) is 584 Å². The van der Waals surface area contributed by atoms with Gasteiger partial charge in [0.15, 0.2) is 62.0 Å². The van der Waals surface area contributed by atoms with Crippen LogP contribution >= 0.6 is 7.82 Å². The van der Waals surface area contributed by atoms with Crippen molar-refractivity contribution < 1.29 is 156 Å². The number of nitrogens with two attached hydrogens (primary N) is 3. The largest absolute Gasteiger partial charge is 0.479 e. The Bertz CT molecular complexity index is 3000. The van der Waals surface area contributed by atoms with Crippen LogP contribution in [0, 0.1) is 5.41 Å². The first kappa shape index (κ1) is 87.3. The summed E-state index contributed by atoms with van der Waals surface area (Å²) in [5, 5.41) is 125. The van der Waals surface area contributed by atoms with Crippen molar-refractivity contribution in [2.24, 2.45) is 22.6 Å². The van der Waals surface area contributed by atoms with Gasteiger partial charge in [-0.15, -0.1) is 0 Å². The fraction of sp³-hybridized carbons (Fsp3) is 0.750. The van der Waals surface area contributed by atoms with E-state index in [2.05, 4.69) is 70.1 Å². The average molecular weight is 1490 g/mol. The molecule has 0 bridgehead atoms. The highest BCUT2D eigenvalue weighted by Gasteiger charge is 2.62. The molecule has 0 aliphatic carbocycles. The highest BCUT2D eigenvalue weighted by atomic mass is 31.2. The van der Waals surface area contributed by atoms with Crippen LogP contribution in [0.25, 0.3) is 0 Å². The molecule has 20 N–H and O–H groups in total. The molecule has 5 aliphatic heterocycles. The number of ether oxygens (including phenoxy) is 11. The monoisotopic (exact) mass is 1490 g/mol. The Morgan fingerprint density at radius 1 is 0.667 bits per heavy atom. The summed E-state index contributed by atoms with van der Waals surface area (Å²) in [5.74, 6) is -6.40. The van der Waals surface area contributed by atoms with E-state index < -0.39 is 222 Å². The van der Waals surface area contributed by atoms with Gasteiger partial charge in [0.2, 0.25) is 23.6 Å². The Hall–Kier alpha value is -5.37. The molecule has 5 fully saturated rings. The standard InChI is InChI=1S/C64H104N5O32P/c1-28(2)15-14-17-29(3)18-19-31(5)20-23-63(9,10)22-13-12-16-30(4)21-24-89-37(56(83)84)27-91-102(87,88)101-61-51(52(100-62(67)85)64(11,86)53(99-61)55(66)82)98-58-39(69-34(8)72)42(75)49(36(94-58)26-90-59-46(79)43(76)40(73)35(25-70)93-59)96-57-38(68-33(7)71)41(74)48(32(6)92-57)95-60-47(80)44(77)45(78)50(97-60)54(65)81/h13,15,18,21-22,32,35-53,57-61,70,73-80,86H,5,12,14,16-17,19-20,23-27H2,1-4,6-11H3,(H2,65,81)(H2,66,82)(H2,67,85)(H,68,71)(H,69,72)(H,83,84)(H,87,88)/b22-13+,29-18+,30-21-/t32?,35?,36?,37-,38?,39?,40-,41?,42?,43?,44?,45-,46?,47?,48-,49-,50?,51?,52?,53?,57+,58+,59-,60-,61-,64+/m1/s1. The molecule has 38 heteroatoms. The second-order valence-electron chi connectivity index (χ2n) is 27.0. The third-order valence-electron chi connectivity index (χ3n) is 17.5. The maximum atomic E-state index is 14.1. The molecule has 0 aromatic rings. The van der Waals surface area contributed by atoms with Crippen molar-refractivity contribution in [1.29, 1.82) is 0 Å². The van der Waals surface area contributed by atoms with Crippen molar-refractivity contribution in [3.63, 3.8) is 0 Å². The second-order valence-corrected chi connectivity index (χ2v) is 28.4. The number of carbonyl (C=O) groups excluding carboxylic acids is 5. The minimum Gasteiger partial charge on any atom is -0.479 e. The SMILES string of the molecule is C=C(C/C=C(\C)CCC=C(C)C)CCC(C)(C)/C=C/CC/C(C)=C\CO[C@H](COP(=O)(O)O[C@H]1OC(C(N)=O)[C@@](C)(O)C(OC(N)=O)C1O[C@@H]1OC(CO[C@@H]2OC(CO)[C@@H](O)C(O)C2O)[C@@H](O[C@@H]2OC(C)[C@@H](O[C@@H]3OC(C(N)=O)[C@H](O)C(O)C3O)C(O)C2NC(C)=O)C(O)C1NC(C)=O)C(=O)O. The summed E-state index contributed by atoms with van der Waals surface area (Å²) >= 11 is 0. The number of carbonyl (C=O) groups is 6. The number of allylic oxidation sites excluding steroid dienone is 8. The van der Waals surface area contributed by atoms with Crippen molar-refractivity contribution in [2.75, 3.05) is 26.4 Å². The van der Waals surface area contributed by atoms with Gasteiger partial charge < -0.3 is 141 Å². The molecule has 37 nitrogen and oxygen atoms in total. The molecule has 5 aliphatic rings. The lowest BCUT2D eigenvalue weighted by Crippen LogP contribution is -2.72. The Kier molecular flexibility index (Phi) is 33.2. The second kappa shape index (κ2) is 38.8. The van der Waals surface area contributed by atoms with E-state index in [-0.39, 0.29) is 12.0 Å². The number of phosphoric acid groups is 1. The van der Waals surface area contributed by atoms with Gasteiger partial charge in [-0.05, 0) is 91.9 Å². The minimum absolute atomic E-state index is 0.138. The van der Waals surface area contributed by atoms with Gasteiger partial charge in [-0.1, -0.05) is 73.1 Å². The third kappa shape index (κ3) is 24.6. The zero-order valence-electron chi connectivity index (χ0n) is 58.5. The van der Waals surface area contributed by atoms with E-state index >= 15 is 0 Å². The molecule has 0 aromatic carbocycles. The number of rotatable bonds is 36. The number of carboxylic acid groups (broad SMARTS) is 1. The molecule has 16 unspecified atom stereocenters. The molecule has 5 heterocycles. The van der Waals surface area contributed by atoms with Crippen LogP contribution in [0.2, 0.25) is 0 Å². The Morgan fingerprint density at radius 2 is 1.23 bits per heavy atom. The van der Waals surface area contributed by atoms with E-state index in [4.69, 9.17) is 78.4 Å². The molecule has 102 heavy (non-hydrogen) atoms. The van der Waals surface area contributed by atoms with E-state index in [0.717, 1.165) is 64.0 Å². The number of nitrogens with one attached hydrogen (secondary N) is 2. The molecule has 0 radical (unpaired) electrons. The smallest absolute Gasteiger partial charge is 0.474 e. The minimum atomic E-state index is -5.82. The van der Waals surface area contributed by atoms with Crippen LogP contribution in [0.3, 0.4) is 0 Å². The number of aliphatic carboxylic acids is 1. The summed E-state index contributed by atoms with van der Waals surface area (Å²) in [5.41, 5.74) is 17.9. The molecular formula is C64H104N5O32P. The highest BCUT2D eigenvalue weighted by Crippen LogP contribution is 2.49. The average Bonchev–Trinajstić information content (AvgIpc) is 0.750. The van der Waals surface area contributed by atoms with E-state index in [1.165, 1.54) is 18.1 Å². The fourth-order valence-corrected chi connectivity index (χ4v) is 12.5. The van der Waals surface area contributed by atoms with Crippen molar-refractivity contribution in [1.82, 2.24) is 10.6 Å². The fourth-order valence-electron chi connectivity index (χ4n) is 11.7. The molecule has 5 amide bonds. The van der Waals surface area contributed by atoms with Gasteiger partial charge in [-0.3, -0.25) is 28.2 Å². The summed E-state index contributed by atoms with van der Waals surface area (Å²) in [4.78, 5) is 87.8. The lowest BCUT2D eigenvalue weighted by atomic mass is 9.85. The number of hydrogen-bond acceptors (Lipinski definition) is 30. The van der Waals surface area contributed by atoms with Crippen LogP contribution in [0.1, 0.15) is 114 Å². The maximum Gasteiger partial charge on any atom is 0.474 e. The van der Waals surface area contributed by atoms with Gasteiger partial charge in [-0.2, -0.15) is 0 Å². The molecule has 27 atom stereocenters. The first-order valence-corrected chi connectivity index (χ1v) is 34.5. The molecule has 582 valence electrons. The van der Waals surface area contributed by atoms with Crippen molar-refractivity contribution in [3.05, 3.63) is 59.3 Å². The Balaban J connectivity index is 1.41. The van der Waals surface area contributed by atoms with Crippen molar-refractivity contribution >= 4 is 43.5 Å². The predicted octanol–water partition coefficient (Wildman–Crippen LogP) is -2.79. The number of primary amides is 3. The van der Waals surface area contributed by atoms with Crippen LogP contribution < -0.4 is 27.8 Å². The van der Waals surface area contributed by atoms with Crippen LogP contribution in [0.5, 0.6) is 0 Å². The third-order valence-corrected chi connectivity index (χ3v) is 18.5. The van der Waals surface area contributed by atoms with Gasteiger partial charge >= 0.3 is 19.9 Å². The van der Waals surface area contributed by atoms with Crippen LogP contribution in [0.15, 0.2) is 59.3 Å². The summed E-state index contributed by atoms with van der Waals surface area (Å²) in [6.45, 7) is 16.9. The van der Waals surface area contributed by atoms with E-state index in [1.807, 2.05) is 6.08 Å². The number of phosphoric ester groups is 1. The molecule has 0 aromatic heterocycles. The Labute approximate surface area is 589 Å². The van der Waals surface area contributed by atoms with E-state index in [1.54, 1.807) is 13.0 Å². The number of amides is 5. The molecule has 0 saturated carbocycles. The summed E-state index contributed by atoms with van der Waals surface area (Å²) < 4.78 is 88.3. The number of aliphatic hydroxyl groups excluding tert-OH is 9. The number of carboxylic acids is 1. The molecule has 5 rings (SSSR count). The zero-order chi connectivity index (χ0) is 76.6. The van der Waals surface area contributed by atoms with Crippen LogP contribution in [-0.2, 0) is 89.7 Å². The van der Waals surface area contributed by atoms with E-state index in [0.29, 0.717) is 12.8 Å². The van der Waals surface area contributed by atoms with Crippen LogP contribution in [0.4, 0.5) is 4.79 Å². The quantitative estimate of drug-likeness (QED) is 0.0223. The number of hydrogen-bond donors (Lipinski definition) is 17. The first-order chi connectivity index (χ1) is 47.5. The predicted molar refractivity (Wildman–Crippen MR) is 349 cm³/mol. The van der Waals surface area contributed by atoms with Crippen molar-refractivity contribution in [2.45, 2.75) is 273 Å². The zero-order valence-corrected chi connectivity index (χ0v) is 59.4. The van der Waals surface area contributed by atoms with Gasteiger partial charge in [0.05, 0.1) is 32.5 Å². The lowest BCUT2D eigenvalue weighted by molar-refractivity contribution is -0.375. The van der Waals surface area contributed by atoms with E-state index in [9.17, 15) is 94.4 Å². The van der Waals surface area contributed by atoms with Gasteiger partial charge in [-0.25, -0.2) is 14.2 Å². The molecular weight excluding hydrogens is 1380 g/mol. The molecule has 5 saturated heterocycles. The summed E-state index contributed by atoms with van der Waals surface area (Å²) in [7, 11) is -5.82. The summed E-state index contributed by atoms with van der Waals surface area (Å²) in [6, 6.07) is -3.90. The summed E-state index contributed by atoms with van der Waals surface area (Å²) in [6.07, 6.45) is -33.7. The molecule has 0 spiro atoms. The Morgan fingerprint density at radius 3 is 1.80 bits per heavy atom. The highest BCUT2D eigenvalue weighted by molar-refractivity contribution is 7.47. The van der Waals surface area contributed by atoms with Gasteiger partial charge in [0, 0.05) is 13.8 Å². The lowest BCUT2D eigenvalue weighted by Gasteiger charge is -2.52. The van der Waals surface area contributed by atoms with Crippen LogP contribution in [-0.4, -0.2) is 282 Å². The number of aliphatic hydroxyl groups is 10.